The zero-order valence-corrected chi connectivity index (χ0v) is 22.4. The molecule has 0 heterocycles. The second-order valence-corrected chi connectivity index (χ2v) is 15.5. The van der Waals surface area contributed by atoms with E-state index in [4.69, 9.17) is 9.16 Å². The van der Waals surface area contributed by atoms with Crippen LogP contribution in [0.1, 0.15) is 78.4 Å². The van der Waals surface area contributed by atoms with E-state index in [9.17, 15) is 0 Å². The molecule has 31 heavy (non-hydrogen) atoms. The first kappa shape index (κ1) is 25.5. The molecule has 0 amide bonds. The van der Waals surface area contributed by atoms with Crippen LogP contribution in [0.2, 0.25) is 18.1 Å². The molecule has 2 bridgehead atoms. The summed E-state index contributed by atoms with van der Waals surface area (Å²) in [6, 6.07) is 4.47. The number of allylic oxidation sites excluding steroid dienone is 6. The number of ether oxygens (including phenoxy) is 1. The van der Waals surface area contributed by atoms with Crippen molar-refractivity contribution in [1.29, 1.82) is 0 Å². The Labute approximate surface area is 192 Å². The molecule has 0 fully saturated rings. The van der Waals surface area contributed by atoms with Gasteiger partial charge in [-0.1, -0.05) is 55.7 Å². The molecule has 1 aromatic carbocycles. The maximum absolute atomic E-state index is 6.85. The van der Waals surface area contributed by atoms with Crippen molar-refractivity contribution < 1.29 is 9.16 Å². The first-order valence-corrected chi connectivity index (χ1v) is 14.7. The third-order valence-corrected chi connectivity index (χ3v) is 11.2. The molecule has 2 aliphatic carbocycles. The Morgan fingerprint density at radius 2 is 1.32 bits per heavy atom. The standard InChI is InChI=1S/C28H44O2Si/c1-21-12-10-14-22(2)16-17-24-19-27(30-31(8,9)28(4,5)6)25(20-26(24)29-7)18-23(3)15-11-13-21/h12,15-16,19-20H,10-11,13-14,17-18H2,1-9H3/b21-12-,22-16-,23-15-. The molecule has 2 aliphatic rings. The molecule has 0 radical (unpaired) electrons. The lowest BCUT2D eigenvalue weighted by Gasteiger charge is -2.37. The van der Waals surface area contributed by atoms with Crippen molar-refractivity contribution in [3.05, 3.63) is 58.2 Å². The van der Waals surface area contributed by atoms with Gasteiger partial charge in [0.15, 0.2) is 0 Å². The van der Waals surface area contributed by atoms with Gasteiger partial charge in [-0.05, 0) is 89.6 Å². The Bertz CT molecular complexity index is 850. The molecule has 3 heteroatoms. The van der Waals surface area contributed by atoms with Gasteiger partial charge in [-0.15, -0.1) is 0 Å². The summed E-state index contributed by atoms with van der Waals surface area (Å²) in [6.45, 7) is 18.3. The van der Waals surface area contributed by atoms with Gasteiger partial charge in [-0.3, -0.25) is 0 Å². The molecule has 1 aromatic rings. The van der Waals surface area contributed by atoms with Gasteiger partial charge in [-0.25, -0.2) is 0 Å². The van der Waals surface area contributed by atoms with E-state index in [0.29, 0.717) is 0 Å². The minimum atomic E-state index is -1.94. The summed E-state index contributed by atoms with van der Waals surface area (Å²) in [4.78, 5) is 0. The van der Waals surface area contributed by atoms with E-state index in [0.717, 1.165) is 50.0 Å². The molecule has 2 nitrogen and oxygen atoms in total. The number of hydrogen-bond donors (Lipinski definition) is 0. The molecule has 172 valence electrons. The van der Waals surface area contributed by atoms with E-state index in [1.165, 1.54) is 27.8 Å². The topological polar surface area (TPSA) is 18.5 Å². The van der Waals surface area contributed by atoms with Gasteiger partial charge in [-0.2, -0.15) is 0 Å². The molecule has 0 saturated heterocycles. The number of hydrogen-bond acceptors (Lipinski definition) is 2. The molecule has 0 spiro atoms. The predicted octanol–water partition coefficient (Wildman–Crippen LogP) is 8.58. The Hall–Kier alpha value is -1.74. The Morgan fingerprint density at radius 3 is 1.90 bits per heavy atom. The summed E-state index contributed by atoms with van der Waals surface area (Å²) in [7, 11) is -0.165. The van der Waals surface area contributed by atoms with Gasteiger partial charge >= 0.3 is 0 Å². The lowest BCUT2D eigenvalue weighted by atomic mass is 9.98. The maximum atomic E-state index is 6.85. The summed E-state index contributed by atoms with van der Waals surface area (Å²) in [5.74, 6) is 2.02. The fourth-order valence-corrected chi connectivity index (χ4v) is 4.65. The lowest BCUT2D eigenvalue weighted by molar-refractivity contribution is 0.408. The average Bonchev–Trinajstić information content (AvgIpc) is 2.65. The molecular formula is C28H44O2Si. The van der Waals surface area contributed by atoms with Crippen LogP contribution in [0.4, 0.5) is 0 Å². The van der Waals surface area contributed by atoms with Gasteiger partial charge in [0.05, 0.1) is 7.11 Å². The Balaban J connectivity index is 2.54. The predicted molar refractivity (Wildman–Crippen MR) is 138 cm³/mol. The molecule has 0 N–H and O–H groups in total. The van der Waals surface area contributed by atoms with Crippen molar-refractivity contribution in [2.75, 3.05) is 7.11 Å². The number of rotatable bonds is 3. The highest BCUT2D eigenvalue weighted by Crippen LogP contribution is 2.40. The lowest BCUT2D eigenvalue weighted by Crippen LogP contribution is -2.44. The van der Waals surface area contributed by atoms with E-state index in [1.807, 2.05) is 0 Å². The van der Waals surface area contributed by atoms with E-state index in [1.54, 1.807) is 7.11 Å². The van der Waals surface area contributed by atoms with Gasteiger partial charge in [0.2, 0.25) is 8.32 Å². The van der Waals surface area contributed by atoms with Crippen LogP contribution in [0.5, 0.6) is 11.5 Å². The van der Waals surface area contributed by atoms with Crippen LogP contribution >= 0.6 is 0 Å². The molecule has 0 aromatic heterocycles. The number of methoxy groups -OCH3 is 1. The first-order chi connectivity index (χ1) is 14.4. The summed E-state index contributed by atoms with van der Waals surface area (Å²) in [5, 5.41) is 0.159. The maximum Gasteiger partial charge on any atom is 0.250 e. The quantitative estimate of drug-likeness (QED) is 0.346. The largest absolute Gasteiger partial charge is 0.543 e. The average molecular weight is 441 g/mol. The van der Waals surface area contributed by atoms with Crippen molar-refractivity contribution in [2.45, 2.75) is 98.2 Å². The summed E-state index contributed by atoms with van der Waals surface area (Å²) >= 11 is 0. The van der Waals surface area contributed by atoms with Crippen LogP contribution in [-0.2, 0) is 12.8 Å². The summed E-state index contributed by atoms with van der Waals surface area (Å²) in [5.41, 5.74) is 6.77. The van der Waals surface area contributed by atoms with E-state index < -0.39 is 8.32 Å². The second kappa shape index (κ2) is 10.7. The van der Waals surface area contributed by atoms with Crippen molar-refractivity contribution >= 4 is 8.32 Å². The molecule has 0 aliphatic heterocycles. The molecule has 0 unspecified atom stereocenters. The summed E-state index contributed by atoms with van der Waals surface area (Å²) in [6.07, 6.45) is 13.4. The van der Waals surface area contributed by atoms with Crippen LogP contribution in [0.15, 0.2) is 47.1 Å². The summed E-state index contributed by atoms with van der Waals surface area (Å²) < 4.78 is 12.7. The normalized spacial score (nSPS) is 22.0. The first-order valence-electron chi connectivity index (χ1n) is 11.8. The highest BCUT2D eigenvalue weighted by Gasteiger charge is 2.39. The van der Waals surface area contributed by atoms with E-state index in [2.05, 4.69) is 85.0 Å². The molecular weight excluding hydrogens is 396 g/mol. The zero-order valence-electron chi connectivity index (χ0n) is 21.4. The van der Waals surface area contributed by atoms with Crippen molar-refractivity contribution in [3.63, 3.8) is 0 Å². The van der Waals surface area contributed by atoms with Gasteiger partial charge in [0.1, 0.15) is 11.5 Å². The number of fused-ring (bicyclic) bond motifs is 10. The van der Waals surface area contributed by atoms with Crippen molar-refractivity contribution in [2.24, 2.45) is 0 Å². The zero-order chi connectivity index (χ0) is 23.2. The number of benzene rings is 1. The van der Waals surface area contributed by atoms with Crippen LogP contribution < -0.4 is 9.16 Å². The highest BCUT2D eigenvalue weighted by molar-refractivity contribution is 6.74. The van der Waals surface area contributed by atoms with Crippen molar-refractivity contribution in [1.82, 2.24) is 0 Å². The fourth-order valence-electron chi connectivity index (χ4n) is 3.61. The Kier molecular flexibility index (Phi) is 8.82. The van der Waals surface area contributed by atoms with Crippen LogP contribution in [0.3, 0.4) is 0 Å². The van der Waals surface area contributed by atoms with Gasteiger partial charge in [0.25, 0.3) is 0 Å². The fraction of sp³-hybridized carbons (Fsp3) is 0.571. The van der Waals surface area contributed by atoms with E-state index >= 15 is 0 Å². The van der Waals surface area contributed by atoms with Crippen LogP contribution in [-0.4, -0.2) is 15.4 Å². The van der Waals surface area contributed by atoms with Gasteiger partial charge < -0.3 is 9.16 Å². The van der Waals surface area contributed by atoms with Crippen LogP contribution in [0.25, 0.3) is 0 Å². The smallest absolute Gasteiger partial charge is 0.250 e. The third-order valence-electron chi connectivity index (χ3n) is 6.84. The molecule has 3 rings (SSSR count). The third kappa shape index (κ3) is 7.41. The highest BCUT2D eigenvalue weighted by atomic mass is 28.4. The van der Waals surface area contributed by atoms with Crippen molar-refractivity contribution in [3.8, 4) is 11.5 Å². The molecule has 0 atom stereocenters. The second-order valence-electron chi connectivity index (χ2n) is 10.7. The van der Waals surface area contributed by atoms with Gasteiger partial charge in [0, 0.05) is 11.1 Å². The Morgan fingerprint density at radius 1 is 0.774 bits per heavy atom. The minimum Gasteiger partial charge on any atom is -0.543 e. The monoisotopic (exact) mass is 440 g/mol. The minimum absolute atomic E-state index is 0.159. The SMILES string of the molecule is COc1cc2c(O[Si](C)(C)C(C)(C)C)cc1C/C=C(/C)CC/C=C(/C)CC/C=C(/C)C2. The molecule has 0 saturated carbocycles. The van der Waals surface area contributed by atoms with Crippen LogP contribution in [0, 0.1) is 0 Å². The van der Waals surface area contributed by atoms with E-state index in [-0.39, 0.29) is 5.04 Å².